The lowest BCUT2D eigenvalue weighted by atomic mass is 9.97. The zero-order valence-electron chi connectivity index (χ0n) is 15.5. The van der Waals surface area contributed by atoms with Gasteiger partial charge in [-0.25, -0.2) is 0 Å². The first-order valence-electron chi connectivity index (χ1n) is 9.16. The number of anilines is 1. The molecule has 0 aliphatic carbocycles. The predicted molar refractivity (Wildman–Crippen MR) is 102 cm³/mol. The van der Waals surface area contributed by atoms with Crippen LogP contribution in [-0.2, 0) is 15.0 Å². The van der Waals surface area contributed by atoms with E-state index in [-0.39, 0.29) is 18.4 Å². The number of carbonyl (C=O) groups excluding carboxylic acids is 1. The highest BCUT2D eigenvalue weighted by molar-refractivity contribution is 7.86. The second-order valence-electron chi connectivity index (χ2n) is 7.14. The van der Waals surface area contributed by atoms with Gasteiger partial charge in [-0.15, -0.1) is 0 Å². The summed E-state index contributed by atoms with van der Waals surface area (Å²) in [5.41, 5.74) is 1.18. The van der Waals surface area contributed by atoms with Gasteiger partial charge in [-0.05, 0) is 25.0 Å². The molecule has 2 heterocycles. The average molecular weight is 381 g/mol. The van der Waals surface area contributed by atoms with Gasteiger partial charge in [0.1, 0.15) is 0 Å². The minimum Gasteiger partial charge on any atom is -0.368 e. The van der Waals surface area contributed by atoms with E-state index in [0.29, 0.717) is 19.6 Å². The number of nitrogens with zero attached hydrogens (tertiary/aromatic N) is 4. The van der Waals surface area contributed by atoms with Crippen molar-refractivity contribution in [2.75, 3.05) is 58.3 Å². The van der Waals surface area contributed by atoms with Gasteiger partial charge < -0.3 is 9.80 Å². The fourth-order valence-electron chi connectivity index (χ4n) is 3.67. The van der Waals surface area contributed by atoms with Gasteiger partial charge in [-0.2, -0.15) is 17.0 Å². The second kappa shape index (κ2) is 7.94. The second-order valence-corrected chi connectivity index (χ2v) is 9.28. The molecule has 2 aliphatic rings. The van der Waals surface area contributed by atoms with Crippen molar-refractivity contribution < 1.29 is 13.2 Å². The van der Waals surface area contributed by atoms with E-state index in [1.807, 2.05) is 23.1 Å². The van der Waals surface area contributed by atoms with Gasteiger partial charge in [0.25, 0.3) is 10.2 Å². The Kier molecular flexibility index (Phi) is 5.84. The molecule has 26 heavy (non-hydrogen) atoms. The summed E-state index contributed by atoms with van der Waals surface area (Å²) in [6.45, 7) is 3.77. The number of piperidine rings is 1. The normalized spacial score (nSPS) is 22.7. The molecule has 3 rings (SSSR count). The molecule has 144 valence electrons. The Morgan fingerprint density at radius 2 is 1.69 bits per heavy atom. The fraction of sp³-hybridized carbons (Fsp3) is 0.611. The Morgan fingerprint density at radius 1 is 1.04 bits per heavy atom. The van der Waals surface area contributed by atoms with Crippen LogP contribution in [0.1, 0.15) is 12.8 Å². The summed E-state index contributed by atoms with van der Waals surface area (Å²) < 4.78 is 27.4. The Hall–Kier alpha value is -1.64. The molecule has 7 nitrogen and oxygen atoms in total. The van der Waals surface area contributed by atoms with Crippen LogP contribution < -0.4 is 4.90 Å². The molecule has 2 aliphatic heterocycles. The van der Waals surface area contributed by atoms with Crippen molar-refractivity contribution in [3.63, 3.8) is 0 Å². The quantitative estimate of drug-likeness (QED) is 0.777. The van der Waals surface area contributed by atoms with Crippen LogP contribution in [-0.4, -0.2) is 81.2 Å². The summed E-state index contributed by atoms with van der Waals surface area (Å²) in [6.07, 6.45) is 1.49. The predicted octanol–water partition coefficient (Wildman–Crippen LogP) is 0.854. The molecule has 2 saturated heterocycles. The number of hydrogen-bond acceptors (Lipinski definition) is 4. The molecule has 0 spiro atoms. The van der Waals surface area contributed by atoms with E-state index in [9.17, 15) is 13.2 Å². The number of piperazine rings is 1. The van der Waals surface area contributed by atoms with E-state index in [1.165, 1.54) is 28.4 Å². The van der Waals surface area contributed by atoms with Gasteiger partial charge in [-0.3, -0.25) is 4.79 Å². The average Bonchev–Trinajstić information content (AvgIpc) is 2.68. The van der Waals surface area contributed by atoms with Gasteiger partial charge in [0.2, 0.25) is 5.91 Å². The molecule has 0 aromatic heterocycles. The van der Waals surface area contributed by atoms with Crippen molar-refractivity contribution in [2.45, 2.75) is 12.8 Å². The maximum Gasteiger partial charge on any atom is 0.281 e. The maximum atomic E-state index is 12.9. The van der Waals surface area contributed by atoms with E-state index in [4.69, 9.17) is 0 Å². The molecule has 1 unspecified atom stereocenters. The van der Waals surface area contributed by atoms with Crippen LogP contribution in [0.15, 0.2) is 30.3 Å². The third kappa shape index (κ3) is 4.02. The minimum atomic E-state index is -3.45. The van der Waals surface area contributed by atoms with E-state index in [0.717, 1.165) is 25.9 Å². The van der Waals surface area contributed by atoms with Gasteiger partial charge in [0.05, 0.1) is 5.92 Å². The van der Waals surface area contributed by atoms with Crippen molar-refractivity contribution >= 4 is 21.8 Å². The van der Waals surface area contributed by atoms with Crippen LogP contribution in [0.2, 0.25) is 0 Å². The molecule has 2 fully saturated rings. The first-order chi connectivity index (χ1) is 12.4. The van der Waals surface area contributed by atoms with E-state index in [1.54, 1.807) is 0 Å². The van der Waals surface area contributed by atoms with Crippen LogP contribution in [0.3, 0.4) is 0 Å². The Morgan fingerprint density at radius 3 is 2.31 bits per heavy atom. The van der Waals surface area contributed by atoms with Crippen molar-refractivity contribution in [3.8, 4) is 0 Å². The monoisotopic (exact) mass is 380 g/mol. The number of amides is 1. The molecular weight excluding hydrogens is 352 g/mol. The summed E-state index contributed by atoms with van der Waals surface area (Å²) in [4.78, 5) is 17.1. The molecule has 0 N–H and O–H groups in total. The standard InChI is InChI=1S/C18H28N4O3S/c1-19(2)26(24,25)22-10-6-7-16(15-22)18(23)21-13-11-20(12-14-21)17-8-4-3-5-9-17/h3-5,8-9,16H,6-7,10-15H2,1-2H3. The highest BCUT2D eigenvalue weighted by Gasteiger charge is 2.35. The molecule has 0 bridgehead atoms. The highest BCUT2D eigenvalue weighted by Crippen LogP contribution is 2.23. The van der Waals surface area contributed by atoms with Crippen LogP contribution in [0.4, 0.5) is 5.69 Å². The highest BCUT2D eigenvalue weighted by atomic mass is 32.2. The molecule has 1 aromatic carbocycles. The van der Waals surface area contributed by atoms with Crippen molar-refractivity contribution in [1.29, 1.82) is 0 Å². The minimum absolute atomic E-state index is 0.0939. The lowest BCUT2D eigenvalue weighted by molar-refractivity contribution is -0.137. The van der Waals surface area contributed by atoms with Crippen molar-refractivity contribution in [1.82, 2.24) is 13.5 Å². The van der Waals surface area contributed by atoms with Gasteiger partial charge in [0.15, 0.2) is 0 Å². The fourth-order valence-corrected chi connectivity index (χ4v) is 4.86. The SMILES string of the molecule is CN(C)S(=O)(=O)N1CCCC(C(=O)N2CCN(c3ccccc3)CC2)C1. The Balaban J connectivity index is 1.58. The third-order valence-electron chi connectivity index (χ3n) is 5.23. The summed E-state index contributed by atoms with van der Waals surface area (Å²) >= 11 is 0. The molecule has 1 aromatic rings. The van der Waals surface area contributed by atoms with Crippen LogP contribution in [0.5, 0.6) is 0 Å². The van der Waals surface area contributed by atoms with Crippen molar-refractivity contribution in [2.24, 2.45) is 5.92 Å². The zero-order valence-corrected chi connectivity index (χ0v) is 16.4. The van der Waals surface area contributed by atoms with Crippen molar-refractivity contribution in [3.05, 3.63) is 30.3 Å². The topological polar surface area (TPSA) is 64.2 Å². The number of rotatable bonds is 4. The number of hydrogen-bond donors (Lipinski definition) is 0. The lowest BCUT2D eigenvalue weighted by Gasteiger charge is -2.39. The summed E-state index contributed by atoms with van der Waals surface area (Å²) in [7, 11) is -0.392. The van der Waals surface area contributed by atoms with E-state index >= 15 is 0 Å². The first kappa shape index (κ1) is 19.1. The van der Waals surface area contributed by atoms with Crippen LogP contribution in [0.25, 0.3) is 0 Å². The maximum absolute atomic E-state index is 12.9. The smallest absolute Gasteiger partial charge is 0.281 e. The van der Waals surface area contributed by atoms with Gasteiger partial charge in [0, 0.05) is 59.1 Å². The molecule has 0 saturated carbocycles. The number of para-hydroxylation sites is 1. The summed E-state index contributed by atoms with van der Waals surface area (Å²) in [5, 5.41) is 0. The largest absolute Gasteiger partial charge is 0.368 e. The van der Waals surface area contributed by atoms with Gasteiger partial charge in [-0.1, -0.05) is 18.2 Å². The molecule has 1 amide bonds. The third-order valence-corrected chi connectivity index (χ3v) is 7.14. The molecule has 8 heteroatoms. The Labute approximate surface area is 156 Å². The van der Waals surface area contributed by atoms with Crippen LogP contribution in [0, 0.1) is 5.92 Å². The van der Waals surface area contributed by atoms with Gasteiger partial charge >= 0.3 is 0 Å². The summed E-state index contributed by atoms with van der Waals surface area (Å²) in [6, 6.07) is 10.2. The number of benzene rings is 1. The Bertz CT molecular complexity index is 715. The van der Waals surface area contributed by atoms with E-state index in [2.05, 4.69) is 17.0 Å². The zero-order chi connectivity index (χ0) is 18.7. The van der Waals surface area contributed by atoms with E-state index < -0.39 is 10.2 Å². The molecule has 0 radical (unpaired) electrons. The molecule has 1 atom stereocenters. The number of carbonyl (C=O) groups is 1. The summed E-state index contributed by atoms with van der Waals surface area (Å²) in [5.74, 6) is -0.141. The first-order valence-corrected chi connectivity index (χ1v) is 10.6. The lowest BCUT2D eigenvalue weighted by Crippen LogP contribution is -2.54. The molecular formula is C18H28N4O3S. The van der Waals surface area contributed by atoms with Crippen LogP contribution >= 0.6 is 0 Å².